The fourth-order valence-electron chi connectivity index (χ4n) is 0.772. The Bertz CT molecular complexity index is 274. The molecule has 69 valence electrons. The van der Waals surface area contributed by atoms with Crippen molar-refractivity contribution in [2.75, 3.05) is 6.61 Å². The van der Waals surface area contributed by atoms with Crippen molar-refractivity contribution in [3.63, 3.8) is 0 Å². The van der Waals surface area contributed by atoms with Gasteiger partial charge in [0.05, 0.1) is 6.61 Å². The SMILES string of the molecule is CCOC(=O)Cc1n[c-]nn1C.[Y]. The molecule has 0 spiro atoms. The summed E-state index contributed by atoms with van der Waals surface area (Å²) in [5.41, 5.74) is 0. The second-order valence-corrected chi connectivity index (χ2v) is 2.23. The van der Waals surface area contributed by atoms with Crippen LogP contribution in [-0.2, 0) is 55.7 Å². The van der Waals surface area contributed by atoms with Crippen LogP contribution in [0.5, 0.6) is 0 Å². The van der Waals surface area contributed by atoms with Crippen LogP contribution in [0.4, 0.5) is 0 Å². The molecule has 1 aromatic rings. The van der Waals surface area contributed by atoms with Gasteiger partial charge in [-0.15, -0.1) is 0 Å². The first-order valence-corrected chi connectivity index (χ1v) is 3.65. The van der Waals surface area contributed by atoms with Gasteiger partial charge in [-0.3, -0.25) is 9.89 Å². The molecule has 0 aliphatic rings. The first-order valence-electron chi connectivity index (χ1n) is 3.65. The summed E-state index contributed by atoms with van der Waals surface area (Å²) in [6.45, 7) is 2.15. The molecule has 13 heavy (non-hydrogen) atoms. The Morgan fingerprint density at radius 1 is 1.69 bits per heavy atom. The predicted molar refractivity (Wildman–Crippen MR) is 40.2 cm³/mol. The van der Waals surface area contributed by atoms with Crippen molar-refractivity contribution < 1.29 is 42.2 Å². The van der Waals surface area contributed by atoms with Crippen LogP contribution in [0.2, 0.25) is 0 Å². The predicted octanol–water partition coefficient (Wildman–Crippen LogP) is -0.282. The molecule has 0 unspecified atom stereocenters. The molecule has 5 nitrogen and oxygen atoms in total. The number of aromatic nitrogens is 3. The third-order valence-corrected chi connectivity index (χ3v) is 1.36. The van der Waals surface area contributed by atoms with E-state index in [1.54, 1.807) is 14.0 Å². The number of rotatable bonds is 3. The van der Waals surface area contributed by atoms with Crippen LogP contribution < -0.4 is 0 Å². The van der Waals surface area contributed by atoms with Gasteiger partial charge in [-0.05, 0) is 19.1 Å². The average Bonchev–Trinajstić information content (AvgIpc) is 2.37. The minimum atomic E-state index is -0.290. The van der Waals surface area contributed by atoms with Crippen molar-refractivity contribution in [1.82, 2.24) is 14.8 Å². The van der Waals surface area contributed by atoms with Gasteiger partial charge in [0.15, 0.2) is 0 Å². The van der Waals surface area contributed by atoms with Gasteiger partial charge in [0.2, 0.25) is 0 Å². The molecule has 0 saturated heterocycles. The van der Waals surface area contributed by atoms with Gasteiger partial charge in [-0.1, -0.05) is 0 Å². The topological polar surface area (TPSA) is 57.0 Å². The van der Waals surface area contributed by atoms with Crippen molar-refractivity contribution in [2.24, 2.45) is 7.05 Å². The van der Waals surface area contributed by atoms with Gasteiger partial charge in [-0.2, -0.15) is 0 Å². The normalized spacial score (nSPS) is 9.08. The van der Waals surface area contributed by atoms with Crippen LogP contribution >= 0.6 is 0 Å². The Morgan fingerprint density at radius 2 is 2.38 bits per heavy atom. The maximum absolute atomic E-state index is 10.9. The quantitative estimate of drug-likeness (QED) is 0.552. The Morgan fingerprint density at radius 3 is 2.85 bits per heavy atom. The third-order valence-electron chi connectivity index (χ3n) is 1.36. The van der Waals surface area contributed by atoms with Crippen LogP contribution in [0, 0.1) is 6.33 Å². The van der Waals surface area contributed by atoms with Crippen molar-refractivity contribution in [3.05, 3.63) is 12.2 Å². The van der Waals surface area contributed by atoms with E-state index in [1.165, 1.54) is 4.68 Å². The van der Waals surface area contributed by atoms with Gasteiger partial charge in [0.25, 0.3) is 5.97 Å². The fraction of sp³-hybridized carbons (Fsp3) is 0.571. The summed E-state index contributed by atoms with van der Waals surface area (Å²) in [6, 6.07) is 0. The van der Waals surface area contributed by atoms with Crippen molar-refractivity contribution in [3.8, 4) is 0 Å². The summed E-state index contributed by atoms with van der Waals surface area (Å²) in [6.07, 6.45) is 2.55. The molecule has 1 heterocycles. The molecule has 6 heteroatoms. The summed E-state index contributed by atoms with van der Waals surface area (Å²) in [7, 11) is 1.71. The number of aryl methyl sites for hydroxylation is 1. The Hall–Kier alpha value is -0.286. The molecule has 0 fully saturated rings. The molecule has 0 N–H and O–H groups in total. The standard InChI is InChI=1S/C7H10N3O2.Y/c1-3-12-7(11)4-6-8-5-9-10(6)2;/h3-4H2,1-2H3;/q-1;. The van der Waals surface area contributed by atoms with E-state index in [-0.39, 0.29) is 45.1 Å². The number of carbonyl (C=O) groups excluding carboxylic acids is 1. The van der Waals surface area contributed by atoms with E-state index in [0.717, 1.165) is 0 Å². The van der Waals surface area contributed by atoms with E-state index in [2.05, 4.69) is 16.4 Å². The number of hydrogen-bond donors (Lipinski definition) is 0. The van der Waals surface area contributed by atoms with Gasteiger partial charge >= 0.3 is 0 Å². The van der Waals surface area contributed by atoms with Crippen LogP contribution in [0.3, 0.4) is 0 Å². The average molecular weight is 257 g/mol. The van der Waals surface area contributed by atoms with Crippen molar-refractivity contribution in [1.29, 1.82) is 0 Å². The smallest absolute Gasteiger partial charge is 0.296 e. The van der Waals surface area contributed by atoms with Gasteiger partial charge < -0.3 is 14.4 Å². The maximum Gasteiger partial charge on any atom is 0.296 e. The Labute approximate surface area is 102 Å². The van der Waals surface area contributed by atoms with E-state index in [1.807, 2.05) is 0 Å². The Balaban J connectivity index is 0.00000144. The van der Waals surface area contributed by atoms with Crippen LogP contribution in [0.25, 0.3) is 0 Å². The zero-order valence-corrected chi connectivity index (χ0v) is 10.5. The van der Waals surface area contributed by atoms with E-state index in [9.17, 15) is 4.79 Å². The third kappa shape index (κ3) is 3.96. The second-order valence-electron chi connectivity index (χ2n) is 2.23. The summed E-state index contributed by atoms with van der Waals surface area (Å²) >= 11 is 0. The van der Waals surface area contributed by atoms with E-state index in [4.69, 9.17) is 4.74 Å². The number of carbonyl (C=O) groups is 1. The molecule has 1 rings (SSSR count). The van der Waals surface area contributed by atoms with Gasteiger partial charge in [0, 0.05) is 46.2 Å². The molecule has 0 bridgehead atoms. The molecule has 0 aromatic carbocycles. The minimum absolute atomic E-state index is 0. The first kappa shape index (κ1) is 12.7. The monoisotopic (exact) mass is 257 g/mol. The summed E-state index contributed by atoms with van der Waals surface area (Å²) in [5, 5.41) is 3.70. The number of esters is 1. The van der Waals surface area contributed by atoms with Crippen molar-refractivity contribution >= 4 is 5.97 Å². The number of nitrogens with zero attached hydrogens (tertiary/aromatic N) is 3. The fourth-order valence-corrected chi connectivity index (χ4v) is 0.772. The second kappa shape index (κ2) is 6.21. The molecule has 0 amide bonds. The summed E-state index contributed by atoms with van der Waals surface area (Å²) in [4.78, 5) is 14.7. The molecular weight excluding hydrogens is 247 g/mol. The molecule has 0 atom stereocenters. The molecule has 1 aromatic heterocycles. The van der Waals surface area contributed by atoms with E-state index >= 15 is 0 Å². The summed E-state index contributed by atoms with van der Waals surface area (Å²) in [5.74, 6) is 0.274. The first-order chi connectivity index (χ1) is 5.74. The molecule has 1 radical (unpaired) electrons. The minimum Gasteiger partial charge on any atom is -0.467 e. The van der Waals surface area contributed by atoms with Crippen LogP contribution in [0.1, 0.15) is 12.7 Å². The van der Waals surface area contributed by atoms with E-state index < -0.39 is 0 Å². The van der Waals surface area contributed by atoms with E-state index in [0.29, 0.717) is 12.4 Å². The Kier molecular flexibility index (Phi) is 6.07. The van der Waals surface area contributed by atoms with Gasteiger partial charge in [-0.25, -0.2) is 0 Å². The summed E-state index contributed by atoms with van der Waals surface area (Å²) < 4.78 is 6.23. The molecular formula is C7H10N3O2Y-. The zero-order valence-electron chi connectivity index (χ0n) is 7.65. The molecule has 0 aliphatic carbocycles. The van der Waals surface area contributed by atoms with Gasteiger partial charge in [0.1, 0.15) is 0 Å². The largest absolute Gasteiger partial charge is 0.467 e. The van der Waals surface area contributed by atoms with Crippen molar-refractivity contribution in [2.45, 2.75) is 13.3 Å². The molecule has 0 saturated carbocycles. The molecule has 0 aliphatic heterocycles. The van der Waals surface area contributed by atoms with Crippen LogP contribution in [-0.4, -0.2) is 27.3 Å². The zero-order chi connectivity index (χ0) is 8.97. The number of ether oxygens (including phenoxy) is 1. The van der Waals surface area contributed by atoms with Crippen LogP contribution in [0.15, 0.2) is 0 Å². The number of hydrogen-bond acceptors (Lipinski definition) is 4. The maximum atomic E-state index is 10.9.